The molecule has 0 radical (unpaired) electrons. The number of hydrogen-bond acceptors (Lipinski definition) is 2. The van der Waals surface area contributed by atoms with E-state index in [1.165, 1.54) is 31.2 Å². The second-order valence-corrected chi connectivity index (χ2v) is 5.50. The van der Waals surface area contributed by atoms with Gasteiger partial charge >= 0.3 is 0 Å². The van der Waals surface area contributed by atoms with Gasteiger partial charge in [0.15, 0.2) is 0 Å². The molecule has 1 aromatic rings. The van der Waals surface area contributed by atoms with Crippen molar-refractivity contribution in [3.63, 3.8) is 0 Å². The zero-order valence-corrected chi connectivity index (χ0v) is 12.7. The molecular formula is C18H26O2. The summed E-state index contributed by atoms with van der Waals surface area (Å²) in [6.45, 7) is 3.49. The predicted octanol–water partition coefficient (Wildman–Crippen LogP) is 4.56. The van der Waals surface area contributed by atoms with E-state index < -0.39 is 0 Å². The Bertz CT molecular complexity index is 400. The van der Waals surface area contributed by atoms with Crippen LogP contribution in [0.5, 0.6) is 5.75 Å². The van der Waals surface area contributed by atoms with E-state index in [1.807, 2.05) is 6.92 Å². The van der Waals surface area contributed by atoms with Crippen molar-refractivity contribution in [2.24, 2.45) is 5.92 Å². The summed E-state index contributed by atoms with van der Waals surface area (Å²) in [5.74, 6) is 2.44. The summed E-state index contributed by atoms with van der Waals surface area (Å²) in [5, 5.41) is 0. The smallest absolute Gasteiger partial charge is 0.119 e. The van der Waals surface area contributed by atoms with Gasteiger partial charge < -0.3 is 9.47 Å². The Hall–Kier alpha value is -1.28. The number of benzene rings is 1. The zero-order chi connectivity index (χ0) is 14.2. The lowest BCUT2D eigenvalue weighted by Crippen LogP contribution is -2.11. The SMILES string of the molecule is CCOc1ccc(C2CCC(/C=C/COC)CC2)cc1. The highest BCUT2D eigenvalue weighted by Crippen LogP contribution is 2.36. The predicted molar refractivity (Wildman–Crippen MR) is 83.3 cm³/mol. The first-order valence-electron chi connectivity index (χ1n) is 7.71. The minimum Gasteiger partial charge on any atom is -0.494 e. The van der Waals surface area contributed by atoms with Gasteiger partial charge in [0.25, 0.3) is 0 Å². The van der Waals surface area contributed by atoms with Crippen molar-refractivity contribution in [1.29, 1.82) is 0 Å². The molecule has 1 fully saturated rings. The molecule has 0 amide bonds. The normalized spacial score (nSPS) is 23.1. The van der Waals surface area contributed by atoms with Crippen LogP contribution in [-0.4, -0.2) is 20.3 Å². The quantitative estimate of drug-likeness (QED) is 0.708. The van der Waals surface area contributed by atoms with Gasteiger partial charge in [0.1, 0.15) is 5.75 Å². The molecule has 2 rings (SSSR count). The molecule has 1 aromatic carbocycles. The number of allylic oxidation sites excluding steroid dienone is 1. The van der Waals surface area contributed by atoms with Crippen molar-refractivity contribution in [2.75, 3.05) is 20.3 Å². The number of methoxy groups -OCH3 is 1. The number of hydrogen-bond donors (Lipinski definition) is 0. The second kappa shape index (κ2) is 8.11. The van der Waals surface area contributed by atoms with E-state index in [-0.39, 0.29) is 0 Å². The maximum Gasteiger partial charge on any atom is 0.119 e. The molecule has 110 valence electrons. The third kappa shape index (κ3) is 4.38. The van der Waals surface area contributed by atoms with E-state index in [4.69, 9.17) is 9.47 Å². The second-order valence-electron chi connectivity index (χ2n) is 5.50. The monoisotopic (exact) mass is 274 g/mol. The maximum absolute atomic E-state index is 5.50. The fourth-order valence-corrected chi connectivity index (χ4v) is 2.99. The van der Waals surface area contributed by atoms with E-state index >= 15 is 0 Å². The lowest BCUT2D eigenvalue weighted by molar-refractivity contribution is 0.233. The van der Waals surface area contributed by atoms with Crippen LogP contribution in [-0.2, 0) is 4.74 Å². The Kier molecular flexibility index (Phi) is 6.13. The van der Waals surface area contributed by atoms with Gasteiger partial charge in [-0.05, 0) is 62.1 Å². The van der Waals surface area contributed by atoms with Crippen LogP contribution in [0.3, 0.4) is 0 Å². The average molecular weight is 274 g/mol. The van der Waals surface area contributed by atoms with Gasteiger partial charge in [-0.1, -0.05) is 24.3 Å². The third-order valence-electron chi connectivity index (χ3n) is 4.11. The molecule has 2 nitrogen and oxygen atoms in total. The minimum absolute atomic E-state index is 0.720. The maximum atomic E-state index is 5.50. The van der Waals surface area contributed by atoms with Gasteiger partial charge in [0.05, 0.1) is 13.2 Å². The fraction of sp³-hybridized carbons (Fsp3) is 0.556. The van der Waals surface area contributed by atoms with Crippen LogP contribution < -0.4 is 4.74 Å². The van der Waals surface area contributed by atoms with Gasteiger partial charge in [0, 0.05) is 7.11 Å². The van der Waals surface area contributed by atoms with Crippen molar-refractivity contribution < 1.29 is 9.47 Å². The zero-order valence-electron chi connectivity index (χ0n) is 12.7. The van der Waals surface area contributed by atoms with E-state index in [9.17, 15) is 0 Å². The molecule has 1 aliphatic rings. The first-order chi connectivity index (χ1) is 9.83. The molecule has 0 spiro atoms. The van der Waals surface area contributed by atoms with Crippen LogP contribution in [0.25, 0.3) is 0 Å². The molecule has 0 atom stereocenters. The lowest BCUT2D eigenvalue weighted by Gasteiger charge is -2.27. The summed E-state index contributed by atoms with van der Waals surface area (Å²) >= 11 is 0. The summed E-state index contributed by atoms with van der Waals surface area (Å²) in [5.41, 5.74) is 1.47. The van der Waals surface area contributed by atoms with Crippen LogP contribution in [0.4, 0.5) is 0 Å². The number of ether oxygens (including phenoxy) is 2. The Labute approximate surface area is 122 Å². The molecule has 0 bridgehead atoms. The fourth-order valence-electron chi connectivity index (χ4n) is 2.99. The molecule has 0 saturated heterocycles. The molecule has 1 aliphatic carbocycles. The first-order valence-corrected chi connectivity index (χ1v) is 7.71. The molecule has 0 aliphatic heterocycles. The van der Waals surface area contributed by atoms with E-state index in [1.54, 1.807) is 7.11 Å². The number of rotatable bonds is 6. The topological polar surface area (TPSA) is 18.5 Å². The molecule has 20 heavy (non-hydrogen) atoms. The molecule has 0 unspecified atom stereocenters. The molecule has 0 N–H and O–H groups in total. The third-order valence-corrected chi connectivity index (χ3v) is 4.11. The van der Waals surface area contributed by atoms with Crippen molar-refractivity contribution in [3.05, 3.63) is 42.0 Å². The molecule has 0 aromatic heterocycles. The van der Waals surface area contributed by atoms with Crippen LogP contribution in [0.15, 0.2) is 36.4 Å². The van der Waals surface area contributed by atoms with Gasteiger partial charge in [-0.15, -0.1) is 0 Å². The lowest BCUT2D eigenvalue weighted by atomic mass is 9.78. The Balaban J connectivity index is 1.83. The highest BCUT2D eigenvalue weighted by Gasteiger charge is 2.20. The van der Waals surface area contributed by atoms with Gasteiger partial charge in [-0.25, -0.2) is 0 Å². The molecule has 0 heterocycles. The average Bonchev–Trinajstić information content (AvgIpc) is 2.49. The van der Waals surface area contributed by atoms with Crippen molar-refractivity contribution in [1.82, 2.24) is 0 Å². The molecule has 1 saturated carbocycles. The van der Waals surface area contributed by atoms with Gasteiger partial charge in [-0.2, -0.15) is 0 Å². The van der Waals surface area contributed by atoms with E-state index in [0.717, 1.165) is 30.8 Å². The van der Waals surface area contributed by atoms with Crippen LogP contribution >= 0.6 is 0 Å². The summed E-state index contributed by atoms with van der Waals surface area (Å²) in [6.07, 6.45) is 9.64. The van der Waals surface area contributed by atoms with Crippen LogP contribution in [0, 0.1) is 5.92 Å². The highest BCUT2D eigenvalue weighted by molar-refractivity contribution is 5.29. The standard InChI is InChI=1S/C18H26O2/c1-3-20-18-12-10-17(11-13-18)16-8-6-15(7-9-16)5-4-14-19-2/h4-5,10-13,15-16H,3,6-9,14H2,1-2H3/b5-4+. The minimum atomic E-state index is 0.720. The highest BCUT2D eigenvalue weighted by atomic mass is 16.5. The van der Waals surface area contributed by atoms with Gasteiger partial charge in [0.2, 0.25) is 0 Å². The Morgan fingerprint density at radius 1 is 1.10 bits per heavy atom. The summed E-state index contributed by atoms with van der Waals surface area (Å²) in [6, 6.07) is 8.67. The van der Waals surface area contributed by atoms with Crippen LogP contribution in [0.2, 0.25) is 0 Å². The van der Waals surface area contributed by atoms with E-state index in [0.29, 0.717) is 0 Å². The summed E-state index contributed by atoms with van der Waals surface area (Å²) < 4.78 is 10.6. The largest absolute Gasteiger partial charge is 0.494 e. The Morgan fingerprint density at radius 2 is 1.80 bits per heavy atom. The van der Waals surface area contributed by atoms with Gasteiger partial charge in [-0.3, -0.25) is 0 Å². The van der Waals surface area contributed by atoms with Crippen molar-refractivity contribution >= 4 is 0 Å². The molecular weight excluding hydrogens is 248 g/mol. The van der Waals surface area contributed by atoms with E-state index in [2.05, 4.69) is 36.4 Å². The van der Waals surface area contributed by atoms with Crippen LogP contribution in [0.1, 0.15) is 44.1 Å². The Morgan fingerprint density at radius 3 is 2.40 bits per heavy atom. The first kappa shape index (κ1) is 15.1. The summed E-state index contributed by atoms with van der Waals surface area (Å²) in [4.78, 5) is 0. The van der Waals surface area contributed by atoms with Crippen molar-refractivity contribution in [3.8, 4) is 5.75 Å². The molecule has 2 heteroatoms. The van der Waals surface area contributed by atoms with Crippen molar-refractivity contribution in [2.45, 2.75) is 38.5 Å². The summed E-state index contributed by atoms with van der Waals surface area (Å²) in [7, 11) is 1.74.